The van der Waals surface area contributed by atoms with Gasteiger partial charge < -0.3 is 10.0 Å². The van der Waals surface area contributed by atoms with Gasteiger partial charge in [0.15, 0.2) is 0 Å². The summed E-state index contributed by atoms with van der Waals surface area (Å²) in [4.78, 5) is 2.29. The quantitative estimate of drug-likeness (QED) is 0.802. The van der Waals surface area contributed by atoms with Crippen LogP contribution in [0.2, 0.25) is 0 Å². The van der Waals surface area contributed by atoms with Crippen LogP contribution in [0.5, 0.6) is 0 Å². The largest absolute Gasteiger partial charge is 0.388 e. The van der Waals surface area contributed by atoms with Gasteiger partial charge in [-0.3, -0.25) is 0 Å². The Morgan fingerprint density at radius 2 is 2.27 bits per heavy atom. The molecule has 1 aliphatic rings. The van der Waals surface area contributed by atoms with Crippen molar-refractivity contribution in [2.45, 2.75) is 32.3 Å². The first-order valence-electron chi connectivity index (χ1n) is 5.74. The summed E-state index contributed by atoms with van der Waals surface area (Å²) in [5, 5.41) is 9.78. The summed E-state index contributed by atoms with van der Waals surface area (Å²) in [5.41, 5.74) is 3.77. The number of aliphatic hydroxyl groups is 1. The van der Waals surface area contributed by atoms with E-state index in [2.05, 4.69) is 30.1 Å². The van der Waals surface area contributed by atoms with Gasteiger partial charge in [-0.05, 0) is 36.5 Å². The molecule has 1 aromatic carbocycles. The van der Waals surface area contributed by atoms with E-state index in [-0.39, 0.29) is 6.10 Å². The fourth-order valence-corrected chi connectivity index (χ4v) is 2.25. The second-order valence-corrected chi connectivity index (χ2v) is 4.34. The second-order valence-electron chi connectivity index (χ2n) is 4.34. The number of hydrogen-bond donors (Lipinski definition) is 1. The predicted molar refractivity (Wildman–Crippen MR) is 63.3 cm³/mol. The highest BCUT2D eigenvalue weighted by Gasteiger charge is 2.15. The summed E-state index contributed by atoms with van der Waals surface area (Å²) in [6, 6.07) is 6.36. The topological polar surface area (TPSA) is 23.5 Å². The predicted octanol–water partition coefficient (Wildman–Crippen LogP) is 2.51. The molecule has 1 unspecified atom stereocenters. The lowest BCUT2D eigenvalue weighted by molar-refractivity contribution is 0.173. The molecule has 82 valence electrons. The number of hydrogen-bond acceptors (Lipinski definition) is 2. The third-order valence-corrected chi connectivity index (χ3v) is 3.23. The summed E-state index contributed by atoms with van der Waals surface area (Å²) in [6.45, 7) is 3.15. The summed E-state index contributed by atoms with van der Waals surface area (Å²) in [5.74, 6) is 0. The van der Waals surface area contributed by atoms with E-state index in [1.54, 1.807) is 0 Å². The molecule has 2 nitrogen and oxygen atoms in total. The van der Waals surface area contributed by atoms with Crippen molar-refractivity contribution in [1.29, 1.82) is 0 Å². The van der Waals surface area contributed by atoms with E-state index in [1.165, 1.54) is 17.7 Å². The van der Waals surface area contributed by atoms with E-state index < -0.39 is 0 Å². The SMILES string of the molecule is CCC(O)c1ccc2c(c1)CCCN2C. The van der Waals surface area contributed by atoms with Gasteiger partial charge >= 0.3 is 0 Å². The normalized spacial score (nSPS) is 17.4. The molecular formula is C13H19NO. The number of benzene rings is 1. The average Bonchev–Trinajstić information content (AvgIpc) is 2.28. The van der Waals surface area contributed by atoms with Crippen molar-refractivity contribution in [2.75, 3.05) is 18.5 Å². The third-order valence-electron chi connectivity index (χ3n) is 3.23. The lowest BCUT2D eigenvalue weighted by Gasteiger charge is -2.28. The second kappa shape index (κ2) is 4.23. The molecule has 2 heteroatoms. The van der Waals surface area contributed by atoms with Crippen molar-refractivity contribution in [2.24, 2.45) is 0 Å². The van der Waals surface area contributed by atoms with Crippen LogP contribution >= 0.6 is 0 Å². The first-order valence-corrected chi connectivity index (χ1v) is 5.74. The summed E-state index contributed by atoms with van der Waals surface area (Å²) in [7, 11) is 2.13. The number of anilines is 1. The number of nitrogens with zero attached hydrogens (tertiary/aromatic N) is 1. The molecule has 0 amide bonds. The van der Waals surface area contributed by atoms with E-state index in [0.717, 1.165) is 24.9 Å². The van der Waals surface area contributed by atoms with Crippen molar-refractivity contribution in [3.63, 3.8) is 0 Å². The average molecular weight is 205 g/mol. The Morgan fingerprint density at radius 3 is 3.00 bits per heavy atom. The number of rotatable bonds is 2. The van der Waals surface area contributed by atoms with Gasteiger partial charge in [0.25, 0.3) is 0 Å². The van der Waals surface area contributed by atoms with E-state index in [9.17, 15) is 5.11 Å². The molecule has 0 aliphatic carbocycles. The van der Waals surface area contributed by atoms with Crippen LogP contribution in [0.25, 0.3) is 0 Å². The molecule has 1 atom stereocenters. The van der Waals surface area contributed by atoms with Gasteiger partial charge in [-0.25, -0.2) is 0 Å². The maximum atomic E-state index is 9.78. The zero-order chi connectivity index (χ0) is 10.8. The number of aliphatic hydroxyl groups excluding tert-OH is 1. The molecule has 0 saturated carbocycles. The molecule has 1 N–H and O–H groups in total. The number of aryl methyl sites for hydroxylation is 1. The molecule has 15 heavy (non-hydrogen) atoms. The van der Waals surface area contributed by atoms with Crippen LogP contribution in [-0.4, -0.2) is 18.7 Å². The summed E-state index contributed by atoms with van der Waals surface area (Å²) >= 11 is 0. The molecule has 0 spiro atoms. The minimum Gasteiger partial charge on any atom is -0.388 e. The van der Waals surface area contributed by atoms with Crippen LogP contribution in [0.4, 0.5) is 5.69 Å². The molecule has 1 heterocycles. The molecule has 1 aliphatic heterocycles. The Morgan fingerprint density at radius 1 is 1.47 bits per heavy atom. The highest BCUT2D eigenvalue weighted by Crippen LogP contribution is 2.29. The van der Waals surface area contributed by atoms with Crippen molar-refractivity contribution < 1.29 is 5.11 Å². The van der Waals surface area contributed by atoms with Gasteiger partial charge in [0, 0.05) is 19.3 Å². The van der Waals surface area contributed by atoms with Crippen LogP contribution in [0.1, 0.15) is 37.0 Å². The van der Waals surface area contributed by atoms with E-state index in [1.807, 2.05) is 6.92 Å². The first kappa shape index (κ1) is 10.5. The maximum Gasteiger partial charge on any atom is 0.0787 e. The minimum absolute atomic E-state index is 0.303. The van der Waals surface area contributed by atoms with Crippen LogP contribution in [0, 0.1) is 0 Å². The van der Waals surface area contributed by atoms with E-state index in [4.69, 9.17) is 0 Å². The lowest BCUT2D eigenvalue weighted by atomic mass is 9.97. The molecule has 1 aromatic rings. The van der Waals surface area contributed by atoms with Crippen LogP contribution < -0.4 is 4.90 Å². The zero-order valence-corrected chi connectivity index (χ0v) is 9.53. The minimum atomic E-state index is -0.303. The highest BCUT2D eigenvalue weighted by molar-refractivity contribution is 5.56. The van der Waals surface area contributed by atoms with Gasteiger partial charge in [0.2, 0.25) is 0 Å². The van der Waals surface area contributed by atoms with Crippen molar-refractivity contribution >= 4 is 5.69 Å². The first-order chi connectivity index (χ1) is 7.22. The molecular weight excluding hydrogens is 186 g/mol. The maximum absolute atomic E-state index is 9.78. The highest BCUT2D eigenvalue weighted by atomic mass is 16.3. The van der Waals surface area contributed by atoms with Gasteiger partial charge in [-0.15, -0.1) is 0 Å². The zero-order valence-electron chi connectivity index (χ0n) is 9.53. The Balaban J connectivity index is 2.33. The molecule has 0 bridgehead atoms. The van der Waals surface area contributed by atoms with Gasteiger partial charge in [0.05, 0.1) is 6.10 Å². The van der Waals surface area contributed by atoms with Gasteiger partial charge in [-0.1, -0.05) is 19.1 Å². The Bertz CT molecular complexity index is 348. The molecule has 0 fully saturated rings. The smallest absolute Gasteiger partial charge is 0.0787 e. The fourth-order valence-electron chi connectivity index (χ4n) is 2.25. The Hall–Kier alpha value is -1.02. The lowest BCUT2D eigenvalue weighted by Crippen LogP contribution is -2.24. The van der Waals surface area contributed by atoms with Gasteiger partial charge in [0.1, 0.15) is 0 Å². The standard InChI is InChI=1S/C13H19NO/c1-3-13(15)11-6-7-12-10(9-11)5-4-8-14(12)2/h6-7,9,13,15H,3-5,8H2,1-2H3. The molecule has 0 radical (unpaired) electrons. The Labute approximate surface area is 91.5 Å². The third kappa shape index (κ3) is 2.00. The Kier molecular flexibility index (Phi) is 2.96. The molecule has 0 saturated heterocycles. The molecule has 0 aromatic heterocycles. The number of fused-ring (bicyclic) bond motifs is 1. The van der Waals surface area contributed by atoms with Gasteiger partial charge in [-0.2, -0.15) is 0 Å². The summed E-state index contributed by atoms with van der Waals surface area (Å²) < 4.78 is 0. The fraction of sp³-hybridized carbons (Fsp3) is 0.538. The van der Waals surface area contributed by atoms with Crippen molar-refractivity contribution in [3.05, 3.63) is 29.3 Å². The summed E-state index contributed by atoms with van der Waals surface area (Å²) in [6.07, 6.45) is 2.84. The van der Waals surface area contributed by atoms with E-state index >= 15 is 0 Å². The monoisotopic (exact) mass is 205 g/mol. The van der Waals surface area contributed by atoms with Crippen LogP contribution in [-0.2, 0) is 6.42 Å². The molecule has 2 rings (SSSR count). The van der Waals surface area contributed by atoms with E-state index in [0.29, 0.717) is 0 Å². The van der Waals surface area contributed by atoms with Crippen LogP contribution in [0.3, 0.4) is 0 Å². The van der Waals surface area contributed by atoms with Crippen LogP contribution in [0.15, 0.2) is 18.2 Å². The van der Waals surface area contributed by atoms with Crippen molar-refractivity contribution in [3.8, 4) is 0 Å². The van der Waals surface area contributed by atoms with Crippen molar-refractivity contribution in [1.82, 2.24) is 0 Å².